The number of carboxylic acid groups (broad SMARTS) is 1. The number of rotatable bonds is 3. The summed E-state index contributed by atoms with van der Waals surface area (Å²) >= 11 is 5.86. The predicted molar refractivity (Wildman–Crippen MR) is 51.2 cm³/mol. The van der Waals surface area contributed by atoms with Crippen molar-refractivity contribution in [1.29, 1.82) is 0 Å². The van der Waals surface area contributed by atoms with Gasteiger partial charge < -0.3 is 9.67 Å². The zero-order valence-corrected chi connectivity index (χ0v) is 8.58. The number of carbonyl (C=O) groups is 1. The largest absolute Gasteiger partial charge is 0.481 e. The average molecular weight is 215 g/mol. The zero-order valence-electron chi connectivity index (χ0n) is 7.83. The van der Waals surface area contributed by atoms with Gasteiger partial charge >= 0.3 is 5.97 Å². The van der Waals surface area contributed by atoms with Crippen LogP contribution in [0.2, 0.25) is 5.15 Å². The van der Waals surface area contributed by atoms with Gasteiger partial charge in [0.25, 0.3) is 0 Å². The van der Waals surface area contributed by atoms with Gasteiger partial charge in [0.05, 0.1) is 17.4 Å². The van der Waals surface area contributed by atoms with Crippen molar-refractivity contribution < 1.29 is 9.90 Å². The van der Waals surface area contributed by atoms with E-state index >= 15 is 0 Å². The summed E-state index contributed by atoms with van der Waals surface area (Å²) in [4.78, 5) is 14.9. The molecule has 0 bridgehead atoms. The Kier molecular flexibility index (Phi) is 2.03. The van der Waals surface area contributed by atoms with E-state index in [1.165, 1.54) is 0 Å². The molecule has 0 spiro atoms. The van der Waals surface area contributed by atoms with Crippen LogP contribution >= 0.6 is 11.6 Å². The Labute approximate surface area is 86.5 Å². The third-order valence-electron chi connectivity index (χ3n) is 2.82. The highest BCUT2D eigenvalue weighted by molar-refractivity contribution is 6.30. The molecule has 5 heteroatoms. The molecular formula is C9H11ClN2O2. The van der Waals surface area contributed by atoms with E-state index in [0.717, 1.165) is 18.5 Å². The summed E-state index contributed by atoms with van der Waals surface area (Å²) in [6.07, 6.45) is 3.57. The Morgan fingerprint density at radius 3 is 2.79 bits per heavy atom. The number of carboxylic acids is 1. The molecule has 0 unspecified atom stereocenters. The lowest BCUT2D eigenvalue weighted by Crippen LogP contribution is -2.19. The third-order valence-corrected chi connectivity index (χ3v) is 3.14. The number of aliphatic carboxylic acids is 1. The van der Waals surface area contributed by atoms with Gasteiger partial charge in [-0.1, -0.05) is 11.6 Å². The molecule has 0 atom stereocenters. The second-order valence-corrected chi connectivity index (χ2v) is 4.21. The van der Waals surface area contributed by atoms with Crippen molar-refractivity contribution in [3.05, 3.63) is 17.2 Å². The van der Waals surface area contributed by atoms with E-state index in [-0.39, 0.29) is 0 Å². The summed E-state index contributed by atoms with van der Waals surface area (Å²) in [5.41, 5.74) is 0.240. The highest BCUT2D eigenvalue weighted by atomic mass is 35.5. The van der Waals surface area contributed by atoms with Crippen molar-refractivity contribution in [1.82, 2.24) is 9.55 Å². The average Bonchev–Trinajstić information content (AvgIpc) is 2.84. The van der Waals surface area contributed by atoms with E-state index in [0.29, 0.717) is 11.6 Å². The SMILES string of the molecule is Cn1cnc(Cl)c1CC1(C(=O)O)CC1. The van der Waals surface area contributed by atoms with Crippen LogP contribution in [0.4, 0.5) is 0 Å². The lowest BCUT2D eigenvalue weighted by atomic mass is 10.0. The molecule has 76 valence electrons. The molecule has 0 radical (unpaired) electrons. The molecule has 0 amide bonds. The Balaban J connectivity index is 2.23. The molecule has 0 aliphatic heterocycles. The molecule has 1 aromatic rings. The molecule has 1 N–H and O–H groups in total. The first-order valence-corrected chi connectivity index (χ1v) is 4.82. The molecule has 2 rings (SSSR count). The van der Waals surface area contributed by atoms with E-state index in [2.05, 4.69) is 4.98 Å². The lowest BCUT2D eigenvalue weighted by molar-refractivity contribution is -0.143. The first-order valence-electron chi connectivity index (χ1n) is 4.44. The lowest BCUT2D eigenvalue weighted by Gasteiger charge is -2.09. The summed E-state index contributed by atoms with van der Waals surface area (Å²) in [6.45, 7) is 0. The maximum atomic E-state index is 11.0. The minimum atomic E-state index is -0.727. The van der Waals surface area contributed by atoms with E-state index in [9.17, 15) is 4.79 Å². The van der Waals surface area contributed by atoms with Crippen LogP contribution < -0.4 is 0 Å². The molecule has 1 aliphatic rings. The topological polar surface area (TPSA) is 55.1 Å². The van der Waals surface area contributed by atoms with Gasteiger partial charge in [-0.2, -0.15) is 0 Å². The fourth-order valence-corrected chi connectivity index (χ4v) is 1.81. The summed E-state index contributed by atoms with van der Waals surface area (Å²) < 4.78 is 1.78. The number of aromatic nitrogens is 2. The summed E-state index contributed by atoms with van der Waals surface area (Å²) in [7, 11) is 1.83. The molecule has 1 saturated carbocycles. The van der Waals surface area contributed by atoms with Crippen LogP contribution in [-0.4, -0.2) is 20.6 Å². The number of hydrogen-bond acceptors (Lipinski definition) is 2. The van der Waals surface area contributed by atoms with E-state index in [1.54, 1.807) is 10.9 Å². The Morgan fingerprint density at radius 2 is 2.43 bits per heavy atom. The Bertz CT molecular complexity index is 363. The molecular weight excluding hydrogens is 204 g/mol. The van der Waals surface area contributed by atoms with Crippen LogP contribution in [0.25, 0.3) is 0 Å². The highest BCUT2D eigenvalue weighted by Crippen LogP contribution is 2.49. The predicted octanol–water partition coefficient (Wildman–Crippen LogP) is 1.48. The van der Waals surface area contributed by atoms with Crippen LogP contribution in [0.1, 0.15) is 18.5 Å². The fourth-order valence-electron chi connectivity index (χ4n) is 1.56. The number of imidazole rings is 1. The van der Waals surface area contributed by atoms with E-state index in [4.69, 9.17) is 16.7 Å². The smallest absolute Gasteiger partial charge is 0.310 e. The summed E-state index contributed by atoms with van der Waals surface area (Å²) in [5.74, 6) is -0.727. The van der Waals surface area contributed by atoms with E-state index < -0.39 is 11.4 Å². The number of nitrogens with zero attached hydrogens (tertiary/aromatic N) is 2. The molecule has 1 fully saturated rings. The van der Waals surface area contributed by atoms with Crippen LogP contribution in [-0.2, 0) is 18.3 Å². The van der Waals surface area contributed by atoms with Crippen LogP contribution in [0.3, 0.4) is 0 Å². The number of aryl methyl sites for hydroxylation is 1. The fraction of sp³-hybridized carbons (Fsp3) is 0.556. The van der Waals surface area contributed by atoms with Crippen LogP contribution in [0, 0.1) is 5.41 Å². The standard InChI is InChI=1S/C9H11ClN2O2/c1-12-5-11-7(10)6(12)4-9(2-3-9)8(13)14/h5H,2-4H2,1H3,(H,13,14). The number of halogens is 1. The molecule has 0 aromatic carbocycles. The summed E-state index contributed by atoms with van der Waals surface area (Å²) in [5, 5.41) is 9.43. The number of hydrogen-bond donors (Lipinski definition) is 1. The van der Waals surface area contributed by atoms with Gasteiger partial charge in [0, 0.05) is 13.5 Å². The summed E-state index contributed by atoms with van der Waals surface area (Å²) in [6, 6.07) is 0. The Morgan fingerprint density at radius 1 is 1.79 bits per heavy atom. The second kappa shape index (κ2) is 2.98. The minimum absolute atomic E-state index is 0.417. The molecule has 14 heavy (non-hydrogen) atoms. The van der Waals surface area contributed by atoms with Gasteiger partial charge in [-0.15, -0.1) is 0 Å². The van der Waals surface area contributed by atoms with Gasteiger partial charge in [-0.25, -0.2) is 4.98 Å². The van der Waals surface area contributed by atoms with Gasteiger partial charge in [-0.05, 0) is 12.8 Å². The second-order valence-electron chi connectivity index (χ2n) is 3.86. The van der Waals surface area contributed by atoms with Crippen molar-refractivity contribution in [2.45, 2.75) is 19.3 Å². The Hall–Kier alpha value is -1.03. The quantitative estimate of drug-likeness (QED) is 0.829. The van der Waals surface area contributed by atoms with Gasteiger partial charge in [0.1, 0.15) is 5.15 Å². The van der Waals surface area contributed by atoms with Crippen molar-refractivity contribution in [2.75, 3.05) is 0 Å². The van der Waals surface area contributed by atoms with E-state index in [1.807, 2.05) is 7.05 Å². The maximum Gasteiger partial charge on any atom is 0.310 e. The zero-order chi connectivity index (χ0) is 10.3. The van der Waals surface area contributed by atoms with Gasteiger partial charge in [0.2, 0.25) is 0 Å². The molecule has 1 aromatic heterocycles. The van der Waals surface area contributed by atoms with Crippen molar-refractivity contribution >= 4 is 17.6 Å². The first kappa shape index (κ1) is 9.52. The molecule has 1 aliphatic carbocycles. The minimum Gasteiger partial charge on any atom is -0.481 e. The van der Waals surface area contributed by atoms with Crippen molar-refractivity contribution in [3.63, 3.8) is 0 Å². The van der Waals surface area contributed by atoms with Crippen LogP contribution in [0.15, 0.2) is 6.33 Å². The first-order chi connectivity index (χ1) is 6.55. The van der Waals surface area contributed by atoms with Crippen molar-refractivity contribution in [2.24, 2.45) is 12.5 Å². The normalized spacial score (nSPS) is 18.1. The highest BCUT2D eigenvalue weighted by Gasteiger charge is 2.50. The third kappa shape index (κ3) is 1.39. The maximum absolute atomic E-state index is 11.0. The van der Waals surface area contributed by atoms with Crippen molar-refractivity contribution in [3.8, 4) is 0 Å². The monoisotopic (exact) mass is 214 g/mol. The molecule has 1 heterocycles. The van der Waals surface area contributed by atoms with Crippen LogP contribution in [0.5, 0.6) is 0 Å². The molecule has 0 saturated heterocycles. The van der Waals surface area contributed by atoms with Gasteiger partial charge in [-0.3, -0.25) is 4.79 Å². The molecule has 4 nitrogen and oxygen atoms in total. The van der Waals surface area contributed by atoms with Gasteiger partial charge in [0.15, 0.2) is 0 Å².